The van der Waals surface area contributed by atoms with Crippen LogP contribution in [0, 0.1) is 6.92 Å². The van der Waals surface area contributed by atoms with E-state index in [0.717, 1.165) is 16.9 Å². The van der Waals surface area contributed by atoms with Crippen LogP contribution < -0.4 is 10.2 Å². The van der Waals surface area contributed by atoms with Crippen LogP contribution in [0.1, 0.15) is 42.3 Å². The Morgan fingerprint density at radius 2 is 1.46 bits per heavy atom. The molecule has 11 heteroatoms. The molecule has 198 valence electrons. The smallest absolute Gasteiger partial charge is 0.337 e. The number of hydrogen-bond acceptors (Lipinski definition) is 7. The Morgan fingerprint density at radius 1 is 0.872 bits per heavy atom. The number of carbonyl (C=O) groups is 3. The first-order chi connectivity index (χ1) is 18.6. The molecule has 3 aromatic carbocycles. The van der Waals surface area contributed by atoms with Gasteiger partial charge in [-0.25, -0.2) is 4.79 Å². The molecule has 1 aromatic heterocycles. The van der Waals surface area contributed by atoms with E-state index in [4.69, 9.17) is 20.0 Å². The van der Waals surface area contributed by atoms with Gasteiger partial charge in [0.25, 0.3) is 5.91 Å². The average Bonchev–Trinajstić information content (AvgIpc) is 2.93. The zero-order valence-corrected chi connectivity index (χ0v) is 22.3. The van der Waals surface area contributed by atoms with Crippen molar-refractivity contribution < 1.29 is 27.9 Å². The Kier molecular flexibility index (Phi) is 9.80. The second-order valence-electron chi connectivity index (χ2n) is 8.22. The molecule has 0 aliphatic rings. The number of halogens is 1. The Hall–Kier alpha value is -4.67. The van der Waals surface area contributed by atoms with Crippen LogP contribution in [0.2, 0.25) is 5.02 Å². The highest BCUT2D eigenvalue weighted by Crippen LogP contribution is 2.25. The Balaban J connectivity index is 0.00000134. The van der Waals surface area contributed by atoms with Gasteiger partial charge >= 0.3 is 17.5 Å². The van der Waals surface area contributed by atoms with Crippen LogP contribution in [0.25, 0.3) is 0 Å². The molecule has 0 spiro atoms. The number of hydrogen-bond donors (Lipinski definition) is 2. The maximum Gasteiger partial charge on any atom is 0.337 e. The van der Waals surface area contributed by atoms with Crippen molar-refractivity contribution in [2.24, 2.45) is 0 Å². The summed E-state index contributed by atoms with van der Waals surface area (Å²) in [6, 6.07) is 21.6. The summed E-state index contributed by atoms with van der Waals surface area (Å²) in [5.41, 5.74) is 3.26. The van der Waals surface area contributed by atoms with Crippen LogP contribution in [0.15, 0.2) is 85.1 Å². The molecule has 4 rings (SSSR count). The molecule has 0 unspecified atom stereocenters. The third kappa shape index (κ3) is 7.44. The summed E-state index contributed by atoms with van der Waals surface area (Å²) >= 11 is 5.20. The molecule has 9 nitrogen and oxygen atoms in total. The summed E-state index contributed by atoms with van der Waals surface area (Å²) in [7, 11) is 1.87. The third-order valence-electron chi connectivity index (χ3n) is 5.66. The molecule has 0 aliphatic carbocycles. The van der Waals surface area contributed by atoms with E-state index in [9.17, 15) is 19.5 Å². The minimum atomic E-state index is -1.27. The minimum Gasteiger partial charge on any atom is -0.478 e. The molecule has 0 saturated carbocycles. The van der Waals surface area contributed by atoms with Gasteiger partial charge in [0, 0.05) is 28.9 Å². The van der Waals surface area contributed by atoms with Gasteiger partial charge in [-0.2, -0.15) is 8.42 Å². The minimum absolute atomic E-state index is 0.0949. The molecule has 39 heavy (non-hydrogen) atoms. The number of aryl methyl sites for hydroxylation is 1. The molecule has 1 heterocycles. The predicted octanol–water partition coefficient (Wildman–Crippen LogP) is 5.32. The molecule has 1 amide bonds. The number of rotatable bonds is 7. The van der Waals surface area contributed by atoms with Crippen molar-refractivity contribution in [3.8, 4) is 0 Å². The standard InChI is InChI=1S/C28H22ClN3O4.O2S/c1-17-3-5-18(6-4-17)27(34)31-24-13-7-19(15-23(24)28(35)36)26(33)25-14-12-22(16-30-25)32(2)21-10-8-20(29)9-11-21;1-3-2/h3-16H,1-2H3,(H,31,34)(H,35,36);. The van der Waals surface area contributed by atoms with Crippen molar-refractivity contribution >= 4 is 57.9 Å². The number of anilines is 3. The number of carbonyl (C=O) groups excluding carboxylic acids is 2. The number of benzene rings is 3. The van der Waals surface area contributed by atoms with E-state index in [1.165, 1.54) is 18.2 Å². The molecule has 0 bridgehead atoms. The highest BCUT2D eigenvalue weighted by molar-refractivity contribution is 7.51. The van der Waals surface area contributed by atoms with Gasteiger partial charge in [-0.05, 0) is 73.7 Å². The van der Waals surface area contributed by atoms with Crippen LogP contribution in [0.5, 0.6) is 0 Å². The number of ketones is 1. The van der Waals surface area contributed by atoms with E-state index < -0.39 is 29.2 Å². The molecule has 0 saturated heterocycles. The number of nitrogens with one attached hydrogen (secondary N) is 1. The number of pyridine rings is 1. The lowest BCUT2D eigenvalue weighted by molar-refractivity contribution is 0.0698. The van der Waals surface area contributed by atoms with Gasteiger partial charge in [-0.1, -0.05) is 29.3 Å². The zero-order chi connectivity index (χ0) is 28.5. The van der Waals surface area contributed by atoms with Gasteiger partial charge in [-0.15, -0.1) is 0 Å². The molecule has 0 fully saturated rings. The summed E-state index contributed by atoms with van der Waals surface area (Å²) in [6.07, 6.45) is 1.57. The molecule has 4 aromatic rings. The van der Waals surface area contributed by atoms with E-state index in [1.807, 2.05) is 31.0 Å². The highest BCUT2D eigenvalue weighted by Gasteiger charge is 2.19. The fourth-order valence-electron chi connectivity index (χ4n) is 3.55. The molecule has 0 atom stereocenters. The molecule has 0 radical (unpaired) electrons. The van der Waals surface area contributed by atoms with E-state index >= 15 is 0 Å². The predicted molar refractivity (Wildman–Crippen MR) is 149 cm³/mol. The third-order valence-corrected chi connectivity index (χ3v) is 5.91. The van der Waals surface area contributed by atoms with Gasteiger partial charge < -0.3 is 15.3 Å². The first kappa shape index (κ1) is 28.9. The van der Waals surface area contributed by atoms with Crippen molar-refractivity contribution in [1.29, 1.82) is 0 Å². The van der Waals surface area contributed by atoms with E-state index in [-0.39, 0.29) is 22.5 Å². The van der Waals surface area contributed by atoms with Gasteiger partial charge in [0.15, 0.2) is 0 Å². The van der Waals surface area contributed by atoms with Crippen LogP contribution in [0.3, 0.4) is 0 Å². The number of aromatic carboxylic acids is 1. The van der Waals surface area contributed by atoms with Crippen molar-refractivity contribution in [3.63, 3.8) is 0 Å². The van der Waals surface area contributed by atoms with Crippen LogP contribution in [-0.2, 0) is 11.6 Å². The first-order valence-electron chi connectivity index (χ1n) is 11.3. The largest absolute Gasteiger partial charge is 0.478 e. The molecular formula is C28H22ClN3O6S. The number of carboxylic acids is 1. The number of carboxylic acid groups (broad SMARTS) is 1. The average molecular weight is 564 g/mol. The summed E-state index contributed by atoms with van der Waals surface area (Å²) in [5, 5.41) is 12.9. The summed E-state index contributed by atoms with van der Waals surface area (Å²) in [4.78, 5) is 43.6. The molecule has 0 aliphatic heterocycles. The summed E-state index contributed by atoms with van der Waals surface area (Å²) in [6.45, 7) is 1.90. The van der Waals surface area contributed by atoms with Crippen LogP contribution in [0.4, 0.5) is 17.1 Å². The van der Waals surface area contributed by atoms with E-state index in [2.05, 4.69) is 10.3 Å². The Labute approximate surface area is 232 Å². The van der Waals surface area contributed by atoms with Gasteiger partial charge in [0.1, 0.15) is 5.69 Å². The maximum absolute atomic E-state index is 13.0. The lowest BCUT2D eigenvalue weighted by atomic mass is 10.0. The van der Waals surface area contributed by atoms with Crippen molar-refractivity contribution in [2.75, 3.05) is 17.3 Å². The highest BCUT2D eigenvalue weighted by atomic mass is 35.5. The van der Waals surface area contributed by atoms with E-state index in [0.29, 0.717) is 10.6 Å². The Bertz CT molecular complexity index is 1540. The van der Waals surface area contributed by atoms with Gasteiger partial charge in [-0.3, -0.25) is 14.6 Å². The fourth-order valence-corrected chi connectivity index (χ4v) is 3.68. The van der Waals surface area contributed by atoms with E-state index in [1.54, 1.807) is 54.7 Å². The number of nitrogens with zero attached hydrogens (tertiary/aromatic N) is 2. The SMILES string of the molecule is Cc1ccc(C(=O)Nc2ccc(C(=O)c3ccc(N(C)c4ccc(Cl)cc4)cn3)cc2C(=O)O)cc1.O=S=O. The van der Waals surface area contributed by atoms with Gasteiger partial charge in [0.2, 0.25) is 5.78 Å². The van der Waals surface area contributed by atoms with Gasteiger partial charge in [0.05, 0.1) is 23.1 Å². The van der Waals surface area contributed by atoms with Crippen molar-refractivity contribution in [1.82, 2.24) is 4.98 Å². The zero-order valence-electron chi connectivity index (χ0n) is 20.8. The summed E-state index contributed by atoms with van der Waals surface area (Å²) < 4.78 is 16.6. The first-order valence-corrected chi connectivity index (χ1v) is 12.4. The molecule has 2 N–H and O–H groups in total. The number of aromatic nitrogens is 1. The van der Waals surface area contributed by atoms with Crippen LogP contribution in [-0.4, -0.2) is 43.2 Å². The topological polar surface area (TPSA) is 134 Å². The molecular weight excluding hydrogens is 542 g/mol. The Morgan fingerprint density at radius 3 is 2.03 bits per heavy atom. The van der Waals surface area contributed by atoms with Crippen molar-refractivity contribution in [2.45, 2.75) is 6.92 Å². The maximum atomic E-state index is 13.0. The quantitative estimate of drug-likeness (QED) is 0.288. The lowest BCUT2D eigenvalue weighted by Crippen LogP contribution is -2.16. The second-order valence-corrected chi connectivity index (χ2v) is 8.79. The van der Waals surface area contributed by atoms with Crippen molar-refractivity contribution in [3.05, 3.63) is 118 Å². The second kappa shape index (κ2) is 13.2. The fraction of sp³-hybridized carbons (Fsp3) is 0.0714. The monoisotopic (exact) mass is 563 g/mol. The number of amides is 1. The van der Waals surface area contributed by atoms with Crippen LogP contribution >= 0.6 is 11.6 Å². The lowest BCUT2D eigenvalue weighted by Gasteiger charge is -2.19. The normalized spacial score (nSPS) is 10.0. The summed E-state index contributed by atoms with van der Waals surface area (Å²) in [5.74, 6) is -2.15.